The molecule has 2 aromatic rings. The van der Waals surface area contributed by atoms with Gasteiger partial charge in [0.25, 0.3) is 0 Å². The van der Waals surface area contributed by atoms with Crippen LogP contribution in [0, 0.1) is 0 Å². The summed E-state index contributed by atoms with van der Waals surface area (Å²) in [5.41, 5.74) is 1.17. The van der Waals surface area contributed by atoms with Crippen LogP contribution in [0.3, 0.4) is 0 Å². The molecular weight excluding hydrogens is 368 g/mol. The summed E-state index contributed by atoms with van der Waals surface area (Å²) in [5, 5.41) is 18.5. The number of hydrogen-bond donors (Lipinski definition) is 2. The smallest absolute Gasteiger partial charge is 0.372 e. The van der Waals surface area contributed by atoms with Crippen LogP contribution < -0.4 is 0 Å². The number of rotatable bonds is 6. The molecule has 1 heterocycles. The van der Waals surface area contributed by atoms with Gasteiger partial charge in [-0.05, 0) is 25.0 Å². The number of imidazole rings is 1. The Morgan fingerprint density at radius 3 is 2.61 bits per heavy atom. The zero-order valence-electron chi connectivity index (χ0n) is 15.2. The Kier molecular flexibility index (Phi) is 5.00. The SMILES string of the molecule is CCOC(=O)C(C)c1cccc2c1CC(n1cc(C(=O)O)nc1C(=O)O)C2=O. The molecule has 0 radical (unpaired) electrons. The van der Waals surface area contributed by atoms with E-state index in [1.165, 1.54) is 0 Å². The van der Waals surface area contributed by atoms with E-state index >= 15 is 0 Å². The first kappa shape index (κ1) is 19.3. The normalized spacial score (nSPS) is 16.5. The second-order valence-electron chi connectivity index (χ2n) is 6.40. The van der Waals surface area contributed by atoms with Gasteiger partial charge >= 0.3 is 17.9 Å². The molecule has 9 heteroatoms. The highest BCUT2D eigenvalue weighted by Gasteiger charge is 2.37. The van der Waals surface area contributed by atoms with Crippen LogP contribution in [-0.4, -0.2) is 50.1 Å². The fourth-order valence-electron chi connectivity index (χ4n) is 3.45. The van der Waals surface area contributed by atoms with Gasteiger partial charge in [-0.25, -0.2) is 14.6 Å². The molecule has 1 aliphatic carbocycles. The highest BCUT2D eigenvalue weighted by molar-refractivity contribution is 6.04. The monoisotopic (exact) mass is 386 g/mol. The maximum absolute atomic E-state index is 12.9. The molecule has 1 aromatic carbocycles. The molecule has 1 aromatic heterocycles. The van der Waals surface area contributed by atoms with E-state index in [0.29, 0.717) is 16.7 Å². The van der Waals surface area contributed by atoms with Crippen molar-refractivity contribution in [1.82, 2.24) is 9.55 Å². The van der Waals surface area contributed by atoms with Crippen molar-refractivity contribution in [2.24, 2.45) is 0 Å². The van der Waals surface area contributed by atoms with Crippen LogP contribution in [-0.2, 0) is 16.0 Å². The topological polar surface area (TPSA) is 136 Å². The lowest BCUT2D eigenvalue weighted by molar-refractivity contribution is -0.144. The van der Waals surface area contributed by atoms with Crippen molar-refractivity contribution in [3.8, 4) is 0 Å². The molecule has 0 saturated carbocycles. The Labute approximate surface area is 159 Å². The third kappa shape index (κ3) is 3.15. The number of ether oxygens (including phenoxy) is 1. The van der Waals surface area contributed by atoms with Crippen molar-refractivity contribution in [2.75, 3.05) is 6.61 Å². The fourth-order valence-corrected chi connectivity index (χ4v) is 3.45. The Morgan fingerprint density at radius 2 is 2.00 bits per heavy atom. The highest BCUT2D eigenvalue weighted by atomic mass is 16.5. The lowest BCUT2D eigenvalue weighted by Crippen LogP contribution is -2.20. The molecule has 0 fully saturated rings. The van der Waals surface area contributed by atoms with E-state index < -0.39 is 41.4 Å². The van der Waals surface area contributed by atoms with Gasteiger partial charge in [-0.3, -0.25) is 9.59 Å². The minimum Gasteiger partial charge on any atom is -0.476 e. The van der Waals surface area contributed by atoms with Crippen molar-refractivity contribution < 1.29 is 34.1 Å². The first-order chi connectivity index (χ1) is 13.3. The molecule has 146 valence electrons. The molecule has 2 N–H and O–H groups in total. The molecule has 0 bridgehead atoms. The summed E-state index contributed by atoms with van der Waals surface area (Å²) in [6.07, 6.45) is 1.18. The van der Waals surface area contributed by atoms with Crippen LogP contribution in [0.15, 0.2) is 24.4 Å². The van der Waals surface area contributed by atoms with Gasteiger partial charge in [0.2, 0.25) is 5.82 Å². The number of Topliss-reactive ketones (excluding diaryl/α,β-unsaturated/α-hetero) is 1. The molecule has 0 aliphatic heterocycles. The minimum absolute atomic E-state index is 0.129. The third-order valence-electron chi connectivity index (χ3n) is 4.76. The zero-order chi connectivity index (χ0) is 20.6. The van der Waals surface area contributed by atoms with Crippen LogP contribution in [0.25, 0.3) is 0 Å². The van der Waals surface area contributed by atoms with Crippen molar-refractivity contribution in [1.29, 1.82) is 0 Å². The maximum atomic E-state index is 12.9. The molecular formula is C19H18N2O7. The van der Waals surface area contributed by atoms with Crippen molar-refractivity contribution >= 4 is 23.7 Å². The molecule has 2 unspecified atom stereocenters. The quantitative estimate of drug-likeness (QED) is 0.719. The summed E-state index contributed by atoms with van der Waals surface area (Å²) in [6.45, 7) is 3.61. The van der Waals surface area contributed by atoms with Gasteiger partial charge in [-0.1, -0.05) is 18.2 Å². The number of carbonyl (C=O) groups excluding carboxylic acids is 2. The third-order valence-corrected chi connectivity index (χ3v) is 4.76. The fraction of sp³-hybridized carbons (Fsp3) is 0.316. The van der Waals surface area contributed by atoms with Gasteiger partial charge in [0, 0.05) is 18.2 Å². The average molecular weight is 386 g/mol. The summed E-state index contributed by atoms with van der Waals surface area (Å²) >= 11 is 0. The van der Waals surface area contributed by atoms with Gasteiger partial charge in [0.05, 0.1) is 12.5 Å². The molecule has 3 rings (SSSR count). The Morgan fingerprint density at radius 1 is 1.29 bits per heavy atom. The first-order valence-corrected chi connectivity index (χ1v) is 8.64. The molecule has 9 nitrogen and oxygen atoms in total. The van der Waals surface area contributed by atoms with E-state index in [1.807, 2.05) is 0 Å². The van der Waals surface area contributed by atoms with Crippen molar-refractivity contribution in [2.45, 2.75) is 32.2 Å². The number of aromatic nitrogens is 2. The number of fused-ring (bicyclic) bond motifs is 1. The maximum Gasteiger partial charge on any atom is 0.372 e. The molecule has 0 saturated heterocycles. The van der Waals surface area contributed by atoms with E-state index in [1.54, 1.807) is 32.0 Å². The lowest BCUT2D eigenvalue weighted by atomic mass is 9.93. The average Bonchev–Trinajstić information content (AvgIpc) is 3.23. The predicted molar refractivity (Wildman–Crippen MR) is 94.7 cm³/mol. The van der Waals surface area contributed by atoms with E-state index in [-0.39, 0.29) is 18.8 Å². The standard InChI is InChI=1S/C19H18N2O7/c1-3-28-19(27)9(2)10-5-4-6-11-12(10)7-14(15(11)22)21-8-13(17(23)24)20-16(21)18(25)26/h4-6,8-9,14H,3,7H2,1-2H3,(H,23,24)(H,25,26). The van der Waals surface area contributed by atoms with Gasteiger partial charge < -0.3 is 19.5 Å². The highest BCUT2D eigenvalue weighted by Crippen LogP contribution is 2.36. The summed E-state index contributed by atoms with van der Waals surface area (Å²) in [7, 11) is 0. The van der Waals surface area contributed by atoms with E-state index in [4.69, 9.17) is 9.84 Å². The Balaban J connectivity index is 2.04. The number of carbonyl (C=O) groups is 4. The zero-order valence-corrected chi connectivity index (χ0v) is 15.2. The van der Waals surface area contributed by atoms with Gasteiger partial charge in [0.1, 0.15) is 6.04 Å². The predicted octanol–water partition coefficient (Wildman–Crippen LogP) is 1.93. The van der Waals surface area contributed by atoms with Gasteiger partial charge in [0.15, 0.2) is 11.5 Å². The van der Waals surface area contributed by atoms with Crippen LogP contribution in [0.2, 0.25) is 0 Å². The van der Waals surface area contributed by atoms with E-state index in [2.05, 4.69) is 4.98 Å². The Bertz CT molecular complexity index is 992. The number of nitrogens with zero attached hydrogens (tertiary/aromatic N) is 2. The molecule has 0 spiro atoms. The lowest BCUT2D eigenvalue weighted by Gasteiger charge is -2.15. The van der Waals surface area contributed by atoms with Crippen LogP contribution >= 0.6 is 0 Å². The first-order valence-electron chi connectivity index (χ1n) is 8.64. The van der Waals surface area contributed by atoms with E-state index in [9.17, 15) is 24.3 Å². The largest absolute Gasteiger partial charge is 0.476 e. The number of carboxylic acids is 2. The second kappa shape index (κ2) is 7.26. The number of carboxylic acid groups (broad SMARTS) is 2. The van der Waals surface area contributed by atoms with Crippen molar-refractivity contribution in [3.05, 3.63) is 52.6 Å². The summed E-state index contributed by atoms with van der Waals surface area (Å²) in [4.78, 5) is 51.3. The van der Waals surface area contributed by atoms with Gasteiger partial charge in [-0.15, -0.1) is 0 Å². The Hall–Kier alpha value is -3.49. The summed E-state index contributed by atoms with van der Waals surface area (Å²) in [5.74, 6) is -4.72. The molecule has 1 aliphatic rings. The summed E-state index contributed by atoms with van der Waals surface area (Å²) in [6, 6.07) is 4.04. The number of aromatic carboxylic acids is 2. The second-order valence-corrected chi connectivity index (χ2v) is 6.40. The van der Waals surface area contributed by atoms with Crippen molar-refractivity contribution in [3.63, 3.8) is 0 Å². The van der Waals surface area contributed by atoms with Gasteiger partial charge in [-0.2, -0.15) is 0 Å². The molecule has 28 heavy (non-hydrogen) atoms. The minimum atomic E-state index is -1.43. The number of ketones is 1. The number of esters is 1. The van der Waals surface area contributed by atoms with E-state index in [0.717, 1.165) is 10.8 Å². The molecule has 0 amide bonds. The molecule has 2 atom stereocenters. The van der Waals surface area contributed by atoms with Crippen LogP contribution in [0.1, 0.15) is 68.4 Å². The number of benzene rings is 1. The van der Waals surface area contributed by atoms with Crippen LogP contribution in [0.4, 0.5) is 0 Å². The van der Waals surface area contributed by atoms with Crippen LogP contribution in [0.5, 0.6) is 0 Å². The number of hydrogen-bond acceptors (Lipinski definition) is 6. The summed E-state index contributed by atoms with van der Waals surface area (Å²) < 4.78 is 6.13.